The van der Waals surface area contributed by atoms with Crippen LogP contribution in [0, 0.1) is 11.3 Å². The van der Waals surface area contributed by atoms with Crippen molar-refractivity contribution in [2.45, 2.75) is 25.9 Å². The van der Waals surface area contributed by atoms with Crippen molar-refractivity contribution >= 4 is 23.3 Å². The van der Waals surface area contributed by atoms with Gasteiger partial charge in [-0.25, -0.2) is 4.79 Å². The normalized spacial score (nSPS) is 14.0. The molecule has 29 heavy (non-hydrogen) atoms. The molecule has 1 atom stereocenters. The van der Waals surface area contributed by atoms with Crippen LogP contribution in [0.5, 0.6) is 5.75 Å². The van der Waals surface area contributed by atoms with E-state index >= 15 is 0 Å². The molecule has 1 saturated heterocycles. The minimum atomic E-state index is -0.879. The Hall–Kier alpha value is -3.53. The number of ether oxygens (including phenoxy) is 2. The fourth-order valence-electron chi connectivity index (χ4n) is 3.04. The minimum absolute atomic E-state index is 0.395. The van der Waals surface area contributed by atoms with Gasteiger partial charge in [0, 0.05) is 24.5 Å². The molecule has 2 aromatic carbocycles. The van der Waals surface area contributed by atoms with Gasteiger partial charge in [0.05, 0.1) is 11.6 Å². The van der Waals surface area contributed by atoms with Gasteiger partial charge in [0.15, 0.2) is 12.7 Å². The number of hydrogen-bond acceptors (Lipinski definition) is 6. The third kappa shape index (κ3) is 5.72. The third-order valence-corrected chi connectivity index (χ3v) is 4.60. The predicted octanol–water partition coefficient (Wildman–Crippen LogP) is 3.11. The molecule has 2 aromatic rings. The Morgan fingerprint density at radius 2 is 1.76 bits per heavy atom. The Kier molecular flexibility index (Phi) is 6.69. The van der Waals surface area contributed by atoms with Crippen LogP contribution < -0.4 is 15.0 Å². The summed E-state index contributed by atoms with van der Waals surface area (Å²) in [7, 11) is 0. The summed E-state index contributed by atoms with van der Waals surface area (Å²) in [4.78, 5) is 26.4. The quantitative estimate of drug-likeness (QED) is 0.727. The highest BCUT2D eigenvalue weighted by atomic mass is 16.6. The van der Waals surface area contributed by atoms with Gasteiger partial charge in [-0.05, 0) is 68.3 Å². The molecule has 1 N–H and O–H groups in total. The van der Waals surface area contributed by atoms with Crippen LogP contribution >= 0.6 is 0 Å². The molecule has 1 heterocycles. The first-order valence-electron chi connectivity index (χ1n) is 9.53. The number of hydrogen-bond donors (Lipinski definition) is 1. The number of nitrogens with zero attached hydrogens (tertiary/aromatic N) is 2. The van der Waals surface area contributed by atoms with Crippen molar-refractivity contribution in [2.24, 2.45) is 0 Å². The standard InChI is InChI=1S/C22H23N3O4/c1-16(29-20-10-4-17(14-23)5-11-20)22(27)28-15-21(26)24-18-6-8-19(9-7-18)25-12-2-3-13-25/h4-11,16H,2-3,12-13,15H2,1H3,(H,24,26). The summed E-state index contributed by atoms with van der Waals surface area (Å²) < 4.78 is 10.5. The number of anilines is 2. The first-order valence-corrected chi connectivity index (χ1v) is 9.53. The number of rotatable bonds is 7. The molecule has 0 aliphatic carbocycles. The summed E-state index contributed by atoms with van der Waals surface area (Å²) in [6.07, 6.45) is 1.53. The highest BCUT2D eigenvalue weighted by Gasteiger charge is 2.18. The number of nitriles is 1. The summed E-state index contributed by atoms with van der Waals surface area (Å²) in [5.74, 6) is -0.622. The third-order valence-electron chi connectivity index (χ3n) is 4.60. The Bertz CT molecular complexity index is 882. The van der Waals surface area contributed by atoms with E-state index in [2.05, 4.69) is 10.2 Å². The van der Waals surface area contributed by atoms with Gasteiger partial charge < -0.3 is 19.7 Å². The maximum absolute atomic E-state index is 12.0. The van der Waals surface area contributed by atoms with Crippen molar-refractivity contribution in [1.82, 2.24) is 0 Å². The van der Waals surface area contributed by atoms with Gasteiger partial charge in [0.2, 0.25) is 0 Å². The average Bonchev–Trinajstić information content (AvgIpc) is 3.28. The number of esters is 1. The zero-order valence-electron chi connectivity index (χ0n) is 16.3. The fourth-order valence-corrected chi connectivity index (χ4v) is 3.04. The van der Waals surface area contributed by atoms with Crippen molar-refractivity contribution in [3.63, 3.8) is 0 Å². The van der Waals surface area contributed by atoms with E-state index < -0.39 is 24.6 Å². The topological polar surface area (TPSA) is 91.7 Å². The van der Waals surface area contributed by atoms with Crippen molar-refractivity contribution in [3.8, 4) is 11.8 Å². The van der Waals surface area contributed by atoms with Gasteiger partial charge in [-0.2, -0.15) is 5.26 Å². The zero-order chi connectivity index (χ0) is 20.6. The van der Waals surface area contributed by atoms with Gasteiger partial charge in [-0.15, -0.1) is 0 Å². The fraction of sp³-hybridized carbons (Fsp3) is 0.318. The average molecular weight is 393 g/mol. The summed E-state index contributed by atoms with van der Waals surface area (Å²) in [5, 5.41) is 11.5. The second kappa shape index (κ2) is 9.60. The molecule has 7 nitrogen and oxygen atoms in total. The van der Waals surface area contributed by atoms with Crippen LogP contribution in [0.4, 0.5) is 11.4 Å². The maximum Gasteiger partial charge on any atom is 0.347 e. The summed E-state index contributed by atoms with van der Waals surface area (Å²) in [6.45, 7) is 3.26. The lowest BCUT2D eigenvalue weighted by Gasteiger charge is -2.18. The summed E-state index contributed by atoms with van der Waals surface area (Å²) >= 11 is 0. The molecule has 1 amide bonds. The zero-order valence-corrected chi connectivity index (χ0v) is 16.3. The molecule has 0 bridgehead atoms. The van der Waals surface area contributed by atoms with Crippen molar-refractivity contribution in [3.05, 3.63) is 54.1 Å². The molecule has 1 aliphatic rings. The van der Waals surface area contributed by atoms with E-state index in [0.717, 1.165) is 18.8 Å². The number of carbonyl (C=O) groups excluding carboxylic acids is 2. The van der Waals surface area contributed by atoms with E-state index in [1.54, 1.807) is 24.3 Å². The molecule has 0 aromatic heterocycles. The summed E-state index contributed by atoms with van der Waals surface area (Å²) in [5.41, 5.74) is 2.29. The highest BCUT2D eigenvalue weighted by molar-refractivity contribution is 5.93. The molecule has 0 spiro atoms. The molecule has 150 valence electrons. The van der Waals surface area contributed by atoms with Crippen LogP contribution in [0.15, 0.2) is 48.5 Å². The first-order chi connectivity index (χ1) is 14.0. The lowest BCUT2D eigenvalue weighted by Crippen LogP contribution is -2.29. The van der Waals surface area contributed by atoms with Crippen LogP contribution in [0.3, 0.4) is 0 Å². The van der Waals surface area contributed by atoms with E-state index in [1.165, 1.54) is 19.8 Å². The molecule has 3 rings (SSSR count). The molecular weight excluding hydrogens is 370 g/mol. The van der Waals surface area contributed by atoms with Crippen LogP contribution in [-0.4, -0.2) is 37.7 Å². The maximum atomic E-state index is 12.0. The highest BCUT2D eigenvalue weighted by Crippen LogP contribution is 2.22. The molecule has 1 aliphatic heterocycles. The van der Waals surface area contributed by atoms with Crippen LogP contribution in [0.1, 0.15) is 25.3 Å². The Morgan fingerprint density at radius 3 is 2.38 bits per heavy atom. The lowest BCUT2D eigenvalue weighted by atomic mass is 10.2. The van der Waals surface area contributed by atoms with Crippen LogP contribution in [0.25, 0.3) is 0 Å². The van der Waals surface area contributed by atoms with E-state index in [1.807, 2.05) is 30.3 Å². The SMILES string of the molecule is CC(Oc1ccc(C#N)cc1)C(=O)OCC(=O)Nc1ccc(N2CCCC2)cc1. The van der Waals surface area contributed by atoms with E-state index in [4.69, 9.17) is 14.7 Å². The minimum Gasteiger partial charge on any atom is -0.479 e. The summed E-state index contributed by atoms with van der Waals surface area (Å²) in [6, 6.07) is 16.0. The smallest absolute Gasteiger partial charge is 0.347 e. The van der Waals surface area contributed by atoms with Crippen LogP contribution in [0.2, 0.25) is 0 Å². The second-order valence-electron chi connectivity index (χ2n) is 6.79. The van der Waals surface area contributed by atoms with Crippen molar-refractivity contribution < 1.29 is 19.1 Å². The Balaban J connectivity index is 1.43. The van der Waals surface area contributed by atoms with E-state index in [9.17, 15) is 9.59 Å². The largest absolute Gasteiger partial charge is 0.479 e. The molecule has 1 fully saturated rings. The van der Waals surface area contributed by atoms with Crippen LogP contribution in [-0.2, 0) is 14.3 Å². The van der Waals surface area contributed by atoms with Crippen molar-refractivity contribution in [1.29, 1.82) is 5.26 Å². The van der Waals surface area contributed by atoms with E-state index in [-0.39, 0.29) is 0 Å². The van der Waals surface area contributed by atoms with Gasteiger partial charge in [-0.3, -0.25) is 4.79 Å². The van der Waals surface area contributed by atoms with Crippen molar-refractivity contribution in [2.75, 3.05) is 29.9 Å². The molecule has 7 heteroatoms. The number of benzene rings is 2. The second-order valence-corrected chi connectivity index (χ2v) is 6.79. The van der Waals surface area contributed by atoms with Gasteiger partial charge in [0.1, 0.15) is 5.75 Å². The number of amides is 1. The predicted molar refractivity (Wildman–Crippen MR) is 109 cm³/mol. The molecule has 0 radical (unpaired) electrons. The first kappa shape index (κ1) is 20.2. The van der Waals surface area contributed by atoms with E-state index in [0.29, 0.717) is 17.0 Å². The number of carbonyl (C=O) groups is 2. The van der Waals surface area contributed by atoms with Gasteiger partial charge >= 0.3 is 5.97 Å². The van der Waals surface area contributed by atoms with Gasteiger partial charge in [0.25, 0.3) is 5.91 Å². The molecular formula is C22H23N3O4. The number of nitrogens with one attached hydrogen (secondary N) is 1. The molecule has 1 unspecified atom stereocenters. The van der Waals surface area contributed by atoms with Gasteiger partial charge in [-0.1, -0.05) is 0 Å². The monoisotopic (exact) mass is 393 g/mol. The lowest BCUT2D eigenvalue weighted by molar-refractivity contribution is -0.153. The Labute approximate surface area is 169 Å². The Morgan fingerprint density at radius 1 is 1.10 bits per heavy atom. The molecule has 0 saturated carbocycles.